The van der Waals surface area contributed by atoms with Crippen molar-refractivity contribution in [3.8, 4) is 0 Å². The van der Waals surface area contributed by atoms with Gasteiger partial charge in [-0.2, -0.15) is 0 Å². The number of hydrogen-bond donors (Lipinski definition) is 0. The van der Waals surface area contributed by atoms with Crippen LogP contribution in [0.25, 0.3) is 0 Å². The molecule has 0 aromatic rings. The highest BCUT2D eigenvalue weighted by molar-refractivity contribution is 6.53. The predicted molar refractivity (Wildman–Crippen MR) is 57.3 cm³/mol. The molecule has 0 heterocycles. The Morgan fingerprint density at radius 2 is 1.85 bits per heavy atom. The highest BCUT2D eigenvalue weighted by Gasteiger charge is 2.28. The zero-order valence-corrected chi connectivity index (χ0v) is 10.1. The van der Waals surface area contributed by atoms with Crippen LogP contribution in [0.1, 0.15) is 34.1 Å². The van der Waals surface area contributed by atoms with Crippen LogP contribution in [0.15, 0.2) is 0 Å². The summed E-state index contributed by atoms with van der Waals surface area (Å²) in [6.45, 7) is 8.62. The molecule has 0 rings (SSSR count). The number of carbonyl (C=O) groups excluding carboxylic acids is 1. The van der Waals surface area contributed by atoms with Gasteiger partial charge >= 0.3 is 0 Å². The van der Waals surface area contributed by atoms with E-state index in [-0.39, 0.29) is 11.4 Å². The van der Waals surface area contributed by atoms with E-state index in [0.717, 1.165) is 6.42 Å². The topological polar surface area (TPSA) is 20.3 Å². The first-order valence-electron chi connectivity index (χ1n) is 4.40. The molecule has 0 N–H and O–H groups in total. The van der Waals surface area contributed by atoms with Crippen molar-refractivity contribution in [1.29, 1.82) is 0 Å². The number of alkyl halides is 2. The number of nitrogens with zero attached hydrogens (tertiary/aromatic N) is 1. The first-order chi connectivity index (χ1) is 5.80. The molecule has 1 amide bonds. The third-order valence-corrected chi connectivity index (χ3v) is 2.08. The van der Waals surface area contributed by atoms with Crippen molar-refractivity contribution in [2.45, 2.75) is 44.5 Å². The van der Waals surface area contributed by atoms with Gasteiger partial charge in [-0.25, -0.2) is 0 Å². The van der Waals surface area contributed by atoms with E-state index in [2.05, 4.69) is 0 Å². The Hall–Kier alpha value is 0.0500. The van der Waals surface area contributed by atoms with Gasteiger partial charge in [0.15, 0.2) is 4.84 Å². The van der Waals surface area contributed by atoms with Gasteiger partial charge in [0.05, 0.1) is 0 Å². The summed E-state index contributed by atoms with van der Waals surface area (Å²) in [6.07, 6.45) is 0.906. The zero-order valence-electron chi connectivity index (χ0n) is 8.60. The molecule has 0 aliphatic rings. The first-order valence-corrected chi connectivity index (χ1v) is 5.27. The van der Waals surface area contributed by atoms with E-state index in [1.807, 2.05) is 27.7 Å². The van der Waals surface area contributed by atoms with Crippen LogP contribution in [0.5, 0.6) is 0 Å². The number of hydrogen-bond acceptors (Lipinski definition) is 1. The maximum Gasteiger partial charge on any atom is 0.256 e. The van der Waals surface area contributed by atoms with Gasteiger partial charge < -0.3 is 4.90 Å². The van der Waals surface area contributed by atoms with Gasteiger partial charge in [-0.3, -0.25) is 4.79 Å². The van der Waals surface area contributed by atoms with E-state index < -0.39 is 4.84 Å². The summed E-state index contributed by atoms with van der Waals surface area (Å²) >= 11 is 11.1. The van der Waals surface area contributed by atoms with Gasteiger partial charge in [0.2, 0.25) is 0 Å². The fourth-order valence-corrected chi connectivity index (χ4v) is 1.35. The van der Waals surface area contributed by atoms with E-state index in [0.29, 0.717) is 6.54 Å². The lowest BCUT2D eigenvalue weighted by molar-refractivity contribution is -0.134. The fraction of sp³-hybridized carbons (Fsp3) is 0.889. The van der Waals surface area contributed by atoms with Crippen LogP contribution in [-0.4, -0.2) is 27.7 Å². The monoisotopic (exact) mass is 225 g/mol. The summed E-state index contributed by atoms with van der Waals surface area (Å²) in [4.78, 5) is 12.3. The van der Waals surface area contributed by atoms with Crippen molar-refractivity contribution in [3.05, 3.63) is 0 Å². The van der Waals surface area contributed by atoms with E-state index >= 15 is 0 Å². The molecule has 4 heteroatoms. The Morgan fingerprint density at radius 1 is 1.38 bits per heavy atom. The number of rotatable bonds is 3. The quantitative estimate of drug-likeness (QED) is 0.677. The Balaban J connectivity index is 4.52. The van der Waals surface area contributed by atoms with Crippen molar-refractivity contribution in [2.24, 2.45) is 0 Å². The maximum atomic E-state index is 11.5. The second-order valence-corrected chi connectivity index (χ2v) is 5.06. The summed E-state index contributed by atoms with van der Waals surface area (Å²) < 4.78 is 0. The molecule has 0 aliphatic heterocycles. The summed E-state index contributed by atoms with van der Waals surface area (Å²) in [5.74, 6) is -0.210. The molecule has 0 radical (unpaired) electrons. The van der Waals surface area contributed by atoms with E-state index in [4.69, 9.17) is 23.2 Å². The van der Waals surface area contributed by atoms with E-state index in [1.54, 1.807) is 4.90 Å². The maximum absolute atomic E-state index is 11.5. The molecule has 0 unspecified atom stereocenters. The molecule has 13 heavy (non-hydrogen) atoms. The molecule has 0 saturated carbocycles. The van der Waals surface area contributed by atoms with Gasteiger partial charge in [-0.15, -0.1) is 0 Å². The Kier molecular flexibility index (Phi) is 5.08. The number of halogens is 2. The van der Waals surface area contributed by atoms with Crippen molar-refractivity contribution >= 4 is 29.1 Å². The van der Waals surface area contributed by atoms with Gasteiger partial charge in [-0.05, 0) is 27.2 Å². The second-order valence-electron chi connectivity index (χ2n) is 3.96. The molecule has 0 saturated heterocycles. The summed E-state index contributed by atoms with van der Waals surface area (Å²) in [6, 6.07) is 0. The molecule has 0 atom stereocenters. The van der Waals surface area contributed by atoms with Crippen LogP contribution >= 0.6 is 23.2 Å². The molecule has 0 aromatic carbocycles. The third kappa shape index (κ3) is 4.19. The van der Waals surface area contributed by atoms with Crippen LogP contribution in [0.2, 0.25) is 0 Å². The smallest absolute Gasteiger partial charge is 0.256 e. The average Bonchev–Trinajstić information content (AvgIpc) is 1.96. The SMILES string of the molecule is CCCN(C(=O)C(Cl)Cl)C(C)(C)C. The van der Waals surface area contributed by atoms with Crippen molar-refractivity contribution in [3.63, 3.8) is 0 Å². The zero-order chi connectivity index (χ0) is 10.6. The molecule has 2 nitrogen and oxygen atoms in total. The minimum absolute atomic E-state index is 0.210. The van der Waals surface area contributed by atoms with Gasteiger partial charge in [0, 0.05) is 12.1 Å². The average molecular weight is 226 g/mol. The largest absolute Gasteiger partial charge is 0.336 e. The van der Waals surface area contributed by atoms with Gasteiger partial charge in [0.1, 0.15) is 0 Å². The number of carbonyl (C=O) groups is 1. The van der Waals surface area contributed by atoms with Crippen LogP contribution in [0, 0.1) is 0 Å². The van der Waals surface area contributed by atoms with E-state index in [1.165, 1.54) is 0 Å². The Labute approximate surface area is 90.2 Å². The van der Waals surface area contributed by atoms with Gasteiger partial charge in [0.25, 0.3) is 5.91 Å². The summed E-state index contributed by atoms with van der Waals surface area (Å²) in [5, 5.41) is 0. The lowest BCUT2D eigenvalue weighted by atomic mass is 10.1. The van der Waals surface area contributed by atoms with Crippen LogP contribution in [-0.2, 0) is 4.79 Å². The highest BCUT2D eigenvalue weighted by atomic mass is 35.5. The van der Waals surface area contributed by atoms with E-state index in [9.17, 15) is 4.79 Å². The minimum atomic E-state index is -0.953. The summed E-state index contributed by atoms with van der Waals surface area (Å²) in [5.41, 5.74) is -0.213. The molecule has 78 valence electrons. The van der Waals surface area contributed by atoms with Crippen molar-refractivity contribution in [2.75, 3.05) is 6.54 Å². The minimum Gasteiger partial charge on any atom is -0.336 e. The molecular formula is C9H17Cl2NO. The van der Waals surface area contributed by atoms with Crippen LogP contribution in [0.3, 0.4) is 0 Å². The normalized spacial score (nSPS) is 11.9. The van der Waals surface area contributed by atoms with Gasteiger partial charge in [-0.1, -0.05) is 30.1 Å². The molecule has 0 aliphatic carbocycles. The van der Waals surface area contributed by atoms with Crippen molar-refractivity contribution < 1.29 is 4.79 Å². The highest BCUT2D eigenvalue weighted by Crippen LogP contribution is 2.18. The molecule has 0 aromatic heterocycles. The Bertz CT molecular complexity index is 175. The summed E-state index contributed by atoms with van der Waals surface area (Å²) in [7, 11) is 0. The lowest BCUT2D eigenvalue weighted by Crippen LogP contribution is -2.48. The molecule has 0 bridgehead atoms. The predicted octanol–water partition coefficient (Wildman–Crippen LogP) is 2.83. The molecular weight excluding hydrogens is 209 g/mol. The third-order valence-electron chi connectivity index (χ3n) is 1.71. The lowest BCUT2D eigenvalue weighted by Gasteiger charge is -2.35. The Morgan fingerprint density at radius 3 is 2.08 bits per heavy atom. The molecule has 0 fully saturated rings. The number of amides is 1. The first kappa shape index (κ1) is 13.1. The molecule has 0 spiro atoms. The standard InChI is InChI=1S/C9H17Cl2NO/c1-5-6-12(9(2,3)4)8(13)7(10)11/h7H,5-6H2,1-4H3. The second kappa shape index (κ2) is 5.06. The van der Waals surface area contributed by atoms with Crippen LogP contribution in [0.4, 0.5) is 0 Å². The fourth-order valence-electron chi connectivity index (χ4n) is 1.12. The van der Waals surface area contributed by atoms with Crippen LogP contribution < -0.4 is 0 Å². The van der Waals surface area contributed by atoms with Crippen molar-refractivity contribution in [1.82, 2.24) is 4.90 Å².